The maximum atomic E-state index is 11.3. The molecule has 3 saturated heterocycles. The number of fused-ring (bicyclic) bond motifs is 2. The molecule has 1 N–H and O–H groups in total. The Morgan fingerprint density at radius 1 is 1.43 bits per heavy atom. The van der Waals surface area contributed by atoms with E-state index < -0.39 is 22.7 Å². The normalized spacial score (nSPS) is 30.5. The topological polar surface area (TPSA) is 87.2 Å². The molecule has 0 spiro atoms. The zero-order valence-electron chi connectivity index (χ0n) is 6.91. The second kappa shape index (κ2) is 2.38. The molecule has 0 aliphatic carbocycles. The summed E-state index contributed by atoms with van der Waals surface area (Å²) in [5, 5.41) is 9.12. The lowest BCUT2D eigenvalue weighted by Gasteiger charge is -2.44. The van der Waals surface area contributed by atoms with Crippen molar-refractivity contribution in [1.82, 2.24) is 10.1 Å². The molecular formula is C6H6N3O5+. The Morgan fingerprint density at radius 2 is 2.07 bits per heavy atom. The van der Waals surface area contributed by atoms with Crippen LogP contribution in [-0.2, 0) is 4.94 Å². The average Bonchev–Trinajstić information content (AvgIpc) is 2.17. The Kier molecular flexibility index (Phi) is 1.50. The van der Waals surface area contributed by atoms with Crippen LogP contribution in [0.1, 0.15) is 0 Å². The molecule has 0 saturated carbocycles. The molecule has 8 heteroatoms. The SMILES string of the molecule is C=CC[N+]12ON(C(=O)N(O)C1=O)C2=O. The van der Waals surface area contributed by atoms with Crippen molar-refractivity contribution in [2.75, 3.05) is 6.54 Å². The number of carbonyl (C=O) groups excluding carboxylic acids is 3. The van der Waals surface area contributed by atoms with Crippen LogP contribution >= 0.6 is 0 Å². The summed E-state index contributed by atoms with van der Waals surface area (Å²) < 4.78 is -1.08. The summed E-state index contributed by atoms with van der Waals surface area (Å²) >= 11 is 0. The largest absolute Gasteiger partial charge is 0.501 e. The maximum Gasteiger partial charge on any atom is 0.501 e. The monoisotopic (exact) mass is 200 g/mol. The van der Waals surface area contributed by atoms with E-state index in [1.807, 2.05) is 0 Å². The first-order valence-corrected chi connectivity index (χ1v) is 3.65. The summed E-state index contributed by atoms with van der Waals surface area (Å²) in [7, 11) is 0. The van der Waals surface area contributed by atoms with Crippen LogP contribution < -0.4 is 0 Å². The first kappa shape index (κ1) is 8.81. The van der Waals surface area contributed by atoms with Gasteiger partial charge in [0.2, 0.25) is 0 Å². The van der Waals surface area contributed by atoms with Gasteiger partial charge in [0.15, 0.2) is 6.54 Å². The van der Waals surface area contributed by atoms with Gasteiger partial charge < -0.3 is 0 Å². The second-order valence-electron chi connectivity index (χ2n) is 2.75. The third-order valence-corrected chi connectivity index (χ3v) is 1.94. The van der Waals surface area contributed by atoms with Crippen molar-refractivity contribution in [3.8, 4) is 0 Å². The van der Waals surface area contributed by atoms with E-state index in [1.54, 1.807) is 0 Å². The molecule has 74 valence electrons. The van der Waals surface area contributed by atoms with Gasteiger partial charge in [0.1, 0.15) is 0 Å². The number of quaternary nitrogens is 1. The van der Waals surface area contributed by atoms with Crippen LogP contribution in [0, 0.1) is 0 Å². The molecule has 14 heavy (non-hydrogen) atoms. The molecule has 1 unspecified atom stereocenters. The standard InChI is InChI=1S/C6H6N3O5/c1-2-3-9-5(11)7(13)4(10)8(14-9)6(9)12/h2,13H,1,3H2/q+1. The number of hydrogen-bond donors (Lipinski definition) is 1. The van der Waals surface area contributed by atoms with E-state index in [0.29, 0.717) is 5.06 Å². The lowest BCUT2D eigenvalue weighted by molar-refractivity contribution is -1.06. The fourth-order valence-electron chi connectivity index (χ4n) is 1.25. The molecule has 3 fully saturated rings. The lowest BCUT2D eigenvalue weighted by atomic mass is 10.4. The van der Waals surface area contributed by atoms with E-state index >= 15 is 0 Å². The quantitative estimate of drug-likeness (QED) is 0.391. The van der Waals surface area contributed by atoms with Gasteiger partial charge in [0.05, 0.1) is 0 Å². The van der Waals surface area contributed by atoms with Crippen molar-refractivity contribution in [3.63, 3.8) is 0 Å². The Morgan fingerprint density at radius 3 is 2.57 bits per heavy atom. The molecule has 3 heterocycles. The van der Waals surface area contributed by atoms with Crippen molar-refractivity contribution in [2.45, 2.75) is 0 Å². The van der Waals surface area contributed by atoms with Gasteiger partial charge in [-0.1, -0.05) is 11.6 Å². The number of hydroxylamine groups is 7. The number of amides is 6. The first-order chi connectivity index (χ1) is 6.54. The summed E-state index contributed by atoms with van der Waals surface area (Å²) in [6.45, 7) is 3.19. The summed E-state index contributed by atoms with van der Waals surface area (Å²) in [5.74, 6) is 0. The van der Waals surface area contributed by atoms with Gasteiger partial charge in [-0.05, 0) is 16.1 Å². The Labute approximate surface area is 77.6 Å². The maximum absolute atomic E-state index is 11.3. The van der Waals surface area contributed by atoms with Gasteiger partial charge in [-0.2, -0.15) is 9.59 Å². The molecule has 1 atom stereocenters. The summed E-state index contributed by atoms with van der Waals surface area (Å²) in [6.07, 6.45) is 1.27. The van der Waals surface area contributed by atoms with Crippen molar-refractivity contribution < 1.29 is 29.2 Å². The minimum Gasteiger partial charge on any atom is -0.273 e. The summed E-state index contributed by atoms with van der Waals surface area (Å²) in [4.78, 5) is 38.2. The Balaban J connectivity index is 2.39. The third kappa shape index (κ3) is 0.702. The molecule has 3 rings (SSSR count). The average molecular weight is 200 g/mol. The number of urea groups is 3. The van der Waals surface area contributed by atoms with Gasteiger partial charge in [-0.25, -0.2) is 4.79 Å². The third-order valence-electron chi connectivity index (χ3n) is 1.94. The lowest BCUT2D eigenvalue weighted by Crippen LogP contribution is -2.83. The van der Waals surface area contributed by atoms with Gasteiger partial charge in [0, 0.05) is 4.65 Å². The highest BCUT2D eigenvalue weighted by molar-refractivity contribution is 6.05. The van der Waals surface area contributed by atoms with Crippen molar-refractivity contribution in [3.05, 3.63) is 12.7 Å². The molecule has 6 amide bonds. The van der Waals surface area contributed by atoms with E-state index in [1.165, 1.54) is 6.08 Å². The van der Waals surface area contributed by atoms with Crippen LogP contribution in [0.3, 0.4) is 0 Å². The molecule has 0 aromatic rings. The summed E-state index contributed by atoms with van der Waals surface area (Å²) in [5.41, 5.74) is 0. The smallest absolute Gasteiger partial charge is 0.273 e. The second-order valence-corrected chi connectivity index (χ2v) is 2.75. The minimum absolute atomic E-state index is 0.140. The number of rotatable bonds is 2. The van der Waals surface area contributed by atoms with E-state index in [-0.39, 0.29) is 11.6 Å². The summed E-state index contributed by atoms with van der Waals surface area (Å²) in [6, 6.07) is -3.17. The minimum atomic E-state index is -1.20. The van der Waals surface area contributed by atoms with Crippen LogP contribution in [0.4, 0.5) is 14.4 Å². The molecule has 0 aromatic carbocycles. The first-order valence-electron chi connectivity index (χ1n) is 3.65. The van der Waals surface area contributed by atoms with Crippen LogP contribution in [0.25, 0.3) is 0 Å². The Bertz CT molecular complexity index is 362. The van der Waals surface area contributed by atoms with E-state index in [0.717, 1.165) is 0 Å². The predicted molar refractivity (Wildman–Crippen MR) is 38.1 cm³/mol. The van der Waals surface area contributed by atoms with Crippen LogP contribution in [-0.4, -0.2) is 44.6 Å². The van der Waals surface area contributed by atoms with Crippen molar-refractivity contribution in [2.24, 2.45) is 0 Å². The van der Waals surface area contributed by atoms with E-state index in [9.17, 15) is 14.4 Å². The highest BCUT2D eigenvalue weighted by Gasteiger charge is 2.73. The van der Waals surface area contributed by atoms with E-state index in [4.69, 9.17) is 5.21 Å². The molecule has 3 aliphatic heterocycles. The Hall–Kier alpha value is -1.77. The number of imide groups is 3. The van der Waals surface area contributed by atoms with Crippen LogP contribution in [0.15, 0.2) is 12.7 Å². The number of hydrogen-bond acceptors (Lipinski definition) is 5. The van der Waals surface area contributed by atoms with Gasteiger partial charge in [-0.3, -0.25) is 5.21 Å². The highest BCUT2D eigenvalue weighted by atomic mass is 17.0. The zero-order chi connectivity index (χ0) is 10.5. The molecule has 3 aliphatic rings. The number of carbonyl (C=O) groups is 3. The zero-order valence-corrected chi connectivity index (χ0v) is 6.91. The molecule has 0 aromatic heterocycles. The number of nitrogens with zero attached hydrogens (tertiary/aromatic N) is 3. The van der Waals surface area contributed by atoms with E-state index in [2.05, 4.69) is 11.5 Å². The predicted octanol–water partition coefficient (Wildman–Crippen LogP) is 0.216. The molecule has 2 bridgehead atoms. The highest BCUT2D eigenvalue weighted by Crippen LogP contribution is 2.33. The fraction of sp³-hybridized carbons (Fsp3) is 0.167. The fourth-order valence-corrected chi connectivity index (χ4v) is 1.25. The van der Waals surface area contributed by atoms with Crippen LogP contribution in [0.5, 0.6) is 0 Å². The van der Waals surface area contributed by atoms with Crippen molar-refractivity contribution in [1.29, 1.82) is 0 Å². The molecular weight excluding hydrogens is 194 g/mol. The molecule has 8 nitrogen and oxygen atoms in total. The molecule has 0 radical (unpaired) electrons. The van der Waals surface area contributed by atoms with Crippen molar-refractivity contribution >= 4 is 18.1 Å². The van der Waals surface area contributed by atoms with Crippen LogP contribution in [0.2, 0.25) is 0 Å². The van der Waals surface area contributed by atoms with Gasteiger partial charge in [0.25, 0.3) is 0 Å². The van der Waals surface area contributed by atoms with Gasteiger partial charge in [-0.15, -0.1) is 0 Å². The van der Waals surface area contributed by atoms with Gasteiger partial charge >= 0.3 is 18.1 Å².